The quantitative estimate of drug-likeness (QED) is 0.626. The molecule has 0 saturated heterocycles. The van der Waals surface area contributed by atoms with Crippen molar-refractivity contribution in [3.63, 3.8) is 0 Å². The second kappa shape index (κ2) is 7.53. The van der Waals surface area contributed by atoms with Crippen LogP contribution >= 0.6 is 15.9 Å². The lowest BCUT2D eigenvalue weighted by Crippen LogP contribution is -2.12. The van der Waals surface area contributed by atoms with Gasteiger partial charge in [0.1, 0.15) is 23.9 Å². The van der Waals surface area contributed by atoms with Crippen LogP contribution in [0.5, 0.6) is 5.75 Å². The summed E-state index contributed by atoms with van der Waals surface area (Å²) in [4.78, 5) is 12.2. The number of para-hydroxylation sites is 1. The monoisotopic (exact) mass is 403 g/mol. The van der Waals surface area contributed by atoms with Crippen LogP contribution in [-0.2, 0) is 6.61 Å². The highest BCUT2D eigenvalue weighted by atomic mass is 79.9. The number of aryl methyl sites for hydroxylation is 1. The first-order valence-electron chi connectivity index (χ1n) is 7.56. The van der Waals surface area contributed by atoms with Crippen LogP contribution in [0.25, 0.3) is 0 Å². The Morgan fingerprint density at radius 2 is 2.00 bits per heavy atom. The second-order valence-electron chi connectivity index (χ2n) is 5.42. The number of furan rings is 1. The van der Waals surface area contributed by atoms with Crippen LogP contribution in [0.2, 0.25) is 0 Å². The minimum absolute atomic E-state index is 0.0895. The third kappa shape index (κ3) is 4.28. The third-order valence-electron chi connectivity index (χ3n) is 3.46. The van der Waals surface area contributed by atoms with Crippen molar-refractivity contribution in [2.45, 2.75) is 13.5 Å². The Morgan fingerprint density at radius 3 is 2.80 bits per heavy atom. The number of benzene rings is 2. The van der Waals surface area contributed by atoms with Gasteiger partial charge in [-0.05, 0) is 64.8 Å². The molecule has 4 nitrogen and oxygen atoms in total. The van der Waals surface area contributed by atoms with Crippen molar-refractivity contribution < 1.29 is 18.3 Å². The normalized spacial score (nSPS) is 10.5. The molecule has 0 saturated carbocycles. The number of ether oxygens (including phenoxy) is 1. The Hall–Kier alpha value is -2.60. The van der Waals surface area contributed by atoms with Gasteiger partial charge in [0.2, 0.25) is 0 Å². The highest BCUT2D eigenvalue weighted by Gasteiger charge is 2.14. The van der Waals surface area contributed by atoms with Crippen LogP contribution in [0.4, 0.5) is 10.1 Å². The molecule has 0 atom stereocenters. The summed E-state index contributed by atoms with van der Waals surface area (Å²) in [5, 5.41) is 2.51. The van der Waals surface area contributed by atoms with Gasteiger partial charge in [0, 0.05) is 0 Å². The fourth-order valence-electron chi connectivity index (χ4n) is 2.21. The molecule has 0 aliphatic carbocycles. The van der Waals surface area contributed by atoms with Crippen molar-refractivity contribution in [1.82, 2.24) is 0 Å². The summed E-state index contributed by atoms with van der Waals surface area (Å²) in [6.07, 6.45) is 0. The zero-order chi connectivity index (χ0) is 17.8. The number of hydrogen-bond acceptors (Lipinski definition) is 3. The zero-order valence-electron chi connectivity index (χ0n) is 13.4. The molecule has 0 aliphatic rings. The number of carbonyl (C=O) groups is 1. The number of amides is 1. The molecule has 3 rings (SSSR count). The van der Waals surface area contributed by atoms with Crippen molar-refractivity contribution in [2.24, 2.45) is 0 Å². The Labute approximate surface area is 152 Å². The van der Waals surface area contributed by atoms with E-state index >= 15 is 0 Å². The molecule has 1 N–H and O–H groups in total. The van der Waals surface area contributed by atoms with Gasteiger partial charge in [-0.3, -0.25) is 4.79 Å². The van der Waals surface area contributed by atoms with E-state index in [9.17, 15) is 9.18 Å². The summed E-state index contributed by atoms with van der Waals surface area (Å²) in [6, 6.07) is 15.1. The largest absolute Gasteiger partial charge is 0.484 e. The van der Waals surface area contributed by atoms with E-state index in [0.717, 1.165) is 10.0 Å². The highest BCUT2D eigenvalue weighted by Crippen LogP contribution is 2.25. The summed E-state index contributed by atoms with van der Waals surface area (Å²) in [6.45, 7) is 1.99. The topological polar surface area (TPSA) is 51.5 Å². The van der Waals surface area contributed by atoms with Crippen molar-refractivity contribution >= 4 is 27.5 Å². The standard InChI is InChI=1S/C19H15BrFNO3/c1-12-6-8-15(21)16(10-12)22-19(23)18-9-7-13(25-18)11-24-17-5-3-2-4-14(17)20/h2-10H,11H2,1H3,(H,22,23). The van der Waals surface area contributed by atoms with E-state index < -0.39 is 11.7 Å². The maximum absolute atomic E-state index is 13.7. The van der Waals surface area contributed by atoms with Gasteiger partial charge in [-0.15, -0.1) is 0 Å². The van der Waals surface area contributed by atoms with Crippen molar-refractivity contribution in [3.05, 3.63) is 82.0 Å². The molecule has 1 heterocycles. The average molecular weight is 404 g/mol. The number of carbonyl (C=O) groups excluding carboxylic acids is 1. The molecule has 128 valence electrons. The molecule has 2 aromatic carbocycles. The van der Waals surface area contributed by atoms with E-state index in [4.69, 9.17) is 9.15 Å². The number of nitrogens with one attached hydrogen (secondary N) is 1. The summed E-state index contributed by atoms with van der Waals surface area (Å²) in [7, 11) is 0. The predicted octanol–water partition coefficient (Wildman–Crippen LogP) is 5.32. The third-order valence-corrected chi connectivity index (χ3v) is 4.12. The highest BCUT2D eigenvalue weighted by molar-refractivity contribution is 9.10. The summed E-state index contributed by atoms with van der Waals surface area (Å²) in [5.74, 6) is 0.239. The van der Waals surface area contributed by atoms with Crippen molar-refractivity contribution in [1.29, 1.82) is 0 Å². The molecular weight excluding hydrogens is 389 g/mol. The van der Waals surface area contributed by atoms with E-state index in [2.05, 4.69) is 21.2 Å². The Morgan fingerprint density at radius 1 is 1.20 bits per heavy atom. The Kier molecular flexibility index (Phi) is 5.19. The minimum Gasteiger partial charge on any atom is -0.484 e. The fourth-order valence-corrected chi connectivity index (χ4v) is 2.61. The van der Waals surface area contributed by atoms with E-state index in [1.54, 1.807) is 18.2 Å². The fraction of sp³-hybridized carbons (Fsp3) is 0.105. The zero-order valence-corrected chi connectivity index (χ0v) is 15.0. The first-order chi connectivity index (χ1) is 12.0. The molecule has 1 amide bonds. The summed E-state index contributed by atoms with van der Waals surface area (Å²) in [5.41, 5.74) is 0.964. The lowest BCUT2D eigenvalue weighted by molar-refractivity contribution is 0.0992. The smallest absolute Gasteiger partial charge is 0.291 e. The Balaban J connectivity index is 1.65. The van der Waals surface area contributed by atoms with Crippen LogP contribution in [-0.4, -0.2) is 5.91 Å². The molecule has 0 bridgehead atoms. The van der Waals surface area contributed by atoms with Gasteiger partial charge in [0.15, 0.2) is 5.76 Å². The van der Waals surface area contributed by atoms with Crippen LogP contribution in [0.15, 0.2) is 63.5 Å². The van der Waals surface area contributed by atoms with E-state index in [-0.39, 0.29) is 18.1 Å². The van der Waals surface area contributed by atoms with Gasteiger partial charge in [0.05, 0.1) is 10.2 Å². The van der Waals surface area contributed by atoms with Crippen LogP contribution in [0, 0.1) is 12.7 Å². The first-order valence-corrected chi connectivity index (χ1v) is 8.36. The molecule has 25 heavy (non-hydrogen) atoms. The van der Waals surface area contributed by atoms with Crippen LogP contribution in [0.3, 0.4) is 0 Å². The van der Waals surface area contributed by atoms with Gasteiger partial charge in [0.25, 0.3) is 5.91 Å². The molecule has 0 radical (unpaired) electrons. The molecule has 3 aromatic rings. The van der Waals surface area contributed by atoms with Gasteiger partial charge in [-0.2, -0.15) is 0 Å². The van der Waals surface area contributed by atoms with Gasteiger partial charge in [-0.25, -0.2) is 4.39 Å². The number of rotatable bonds is 5. The second-order valence-corrected chi connectivity index (χ2v) is 6.28. The van der Waals surface area contributed by atoms with E-state index in [0.29, 0.717) is 11.5 Å². The molecular formula is C19H15BrFNO3. The Bertz CT molecular complexity index is 907. The average Bonchev–Trinajstić information content (AvgIpc) is 3.06. The van der Waals surface area contributed by atoms with E-state index in [1.807, 2.05) is 31.2 Å². The van der Waals surface area contributed by atoms with Crippen LogP contribution in [0.1, 0.15) is 21.9 Å². The molecule has 1 aromatic heterocycles. The number of halogens is 2. The van der Waals surface area contributed by atoms with Crippen molar-refractivity contribution in [3.8, 4) is 5.75 Å². The maximum Gasteiger partial charge on any atom is 0.291 e. The number of hydrogen-bond donors (Lipinski definition) is 1. The molecule has 0 aliphatic heterocycles. The molecule has 0 unspecified atom stereocenters. The van der Waals surface area contributed by atoms with Gasteiger partial charge >= 0.3 is 0 Å². The molecule has 6 heteroatoms. The van der Waals surface area contributed by atoms with E-state index in [1.165, 1.54) is 12.1 Å². The van der Waals surface area contributed by atoms with Crippen LogP contribution < -0.4 is 10.1 Å². The molecule has 0 fully saturated rings. The van der Waals surface area contributed by atoms with Gasteiger partial charge < -0.3 is 14.5 Å². The molecule has 0 spiro atoms. The SMILES string of the molecule is Cc1ccc(F)c(NC(=O)c2ccc(COc3ccccc3Br)o2)c1. The minimum atomic E-state index is -0.517. The number of anilines is 1. The predicted molar refractivity (Wildman–Crippen MR) is 96.3 cm³/mol. The maximum atomic E-state index is 13.7. The summed E-state index contributed by atoms with van der Waals surface area (Å²) < 4.78 is 25.7. The van der Waals surface area contributed by atoms with Gasteiger partial charge in [-0.1, -0.05) is 18.2 Å². The lowest BCUT2D eigenvalue weighted by atomic mass is 10.2. The lowest BCUT2D eigenvalue weighted by Gasteiger charge is -2.07. The van der Waals surface area contributed by atoms with Crippen molar-refractivity contribution in [2.75, 3.05) is 5.32 Å². The summed E-state index contributed by atoms with van der Waals surface area (Å²) >= 11 is 3.39. The first kappa shape index (κ1) is 17.2.